The molecule has 0 atom stereocenters. The van der Waals surface area contributed by atoms with E-state index < -0.39 is 0 Å². The van der Waals surface area contributed by atoms with Crippen molar-refractivity contribution in [1.82, 2.24) is 35.1 Å². The molecular weight excluding hydrogens is 256 g/mol. The molecule has 8 nitrogen and oxygen atoms in total. The molecule has 0 spiro atoms. The number of anilines is 1. The van der Waals surface area contributed by atoms with Crippen LogP contribution >= 0.6 is 0 Å². The van der Waals surface area contributed by atoms with Gasteiger partial charge in [0.1, 0.15) is 5.82 Å². The number of aromatic nitrogens is 5. The van der Waals surface area contributed by atoms with Crippen molar-refractivity contribution in [3.05, 3.63) is 12.1 Å². The normalized spacial score (nSPS) is 17.6. The smallest absolute Gasteiger partial charge is 0.200 e. The molecule has 3 rings (SSSR count). The molecule has 108 valence electrons. The van der Waals surface area contributed by atoms with Crippen LogP contribution in [0.2, 0.25) is 0 Å². The molecule has 0 aliphatic carbocycles. The first-order valence-electron chi connectivity index (χ1n) is 7.09. The number of nitrogens with one attached hydrogen (secondary N) is 1. The van der Waals surface area contributed by atoms with Crippen LogP contribution in [0.25, 0.3) is 5.65 Å². The first-order valence-corrected chi connectivity index (χ1v) is 7.09. The Labute approximate surface area is 117 Å². The molecule has 0 amide bonds. The van der Waals surface area contributed by atoms with Gasteiger partial charge in [-0.3, -0.25) is 4.90 Å². The maximum absolute atomic E-state index is 4.29. The van der Waals surface area contributed by atoms with E-state index in [-0.39, 0.29) is 0 Å². The van der Waals surface area contributed by atoms with Crippen LogP contribution in [0.3, 0.4) is 0 Å². The van der Waals surface area contributed by atoms with E-state index in [2.05, 4.69) is 42.7 Å². The maximum atomic E-state index is 4.29. The Hall–Kier alpha value is -1.80. The molecule has 20 heavy (non-hydrogen) atoms. The summed E-state index contributed by atoms with van der Waals surface area (Å²) in [6.07, 6.45) is 0. The van der Waals surface area contributed by atoms with Crippen molar-refractivity contribution in [3.63, 3.8) is 0 Å². The van der Waals surface area contributed by atoms with Gasteiger partial charge >= 0.3 is 0 Å². The number of hydrogen-bond acceptors (Lipinski definition) is 7. The van der Waals surface area contributed by atoms with Crippen LogP contribution in [0.5, 0.6) is 0 Å². The highest BCUT2D eigenvalue weighted by molar-refractivity contribution is 5.41. The van der Waals surface area contributed by atoms with Gasteiger partial charge in [0.2, 0.25) is 0 Å². The summed E-state index contributed by atoms with van der Waals surface area (Å²) >= 11 is 0. The van der Waals surface area contributed by atoms with Crippen LogP contribution in [0.15, 0.2) is 12.1 Å². The second-order valence-corrected chi connectivity index (χ2v) is 4.95. The monoisotopic (exact) mass is 276 g/mol. The lowest BCUT2D eigenvalue weighted by Gasteiger charge is -2.33. The lowest BCUT2D eigenvalue weighted by atomic mass is 10.3. The lowest BCUT2D eigenvalue weighted by molar-refractivity contribution is 0.141. The van der Waals surface area contributed by atoms with Crippen molar-refractivity contribution >= 4 is 11.5 Å². The number of piperazine rings is 1. The number of tetrazole rings is 1. The summed E-state index contributed by atoms with van der Waals surface area (Å²) in [5, 5.41) is 18.8. The van der Waals surface area contributed by atoms with E-state index in [0.29, 0.717) is 5.65 Å². The Bertz CT molecular complexity index is 545. The van der Waals surface area contributed by atoms with Gasteiger partial charge in [0.15, 0.2) is 5.65 Å². The predicted octanol–water partition coefficient (Wildman–Crippen LogP) is -0.431. The van der Waals surface area contributed by atoms with Crippen molar-refractivity contribution in [2.24, 2.45) is 0 Å². The standard InChI is InChI=1S/C12H20N8/c1-2-18-7-9-19(10-8-18)6-5-13-11-3-4-12-14-16-17-20(12)15-11/h3-4H,2,5-10H2,1H3,(H,13,15). The highest BCUT2D eigenvalue weighted by Crippen LogP contribution is 2.04. The summed E-state index contributed by atoms with van der Waals surface area (Å²) in [6.45, 7) is 9.93. The molecule has 1 aliphatic heterocycles. The highest BCUT2D eigenvalue weighted by atomic mass is 15.6. The zero-order chi connectivity index (χ0) is 13.8. The Kier molecular flexibility index (Phi) is 4.03. The van der Waals surface area contributed by atoms with Gasteiger partial charge in [-0.05, 0) is 29.1 Å². The summed E-state index contributed by atoms with van der Waals surface area (Å²) in [6, 6.07) is 3.76. The van der Waals surface area contributed by atoms with E-state index in [4.69, 9.17) is 0 Å². The summed E-state index contributed by atoms with van der Waals surface area (Å²) < 4.78 is 1.43. The van der Waals surface area contributed by atoms with Gasteiger partial charge in [0.25, 0.3) is 0 Å². The maximum Gasteiger partial charge on any atom is 0.200 e. The summed E-state index contributed by atoms with van der Waals surface area (Å²) in [5.74, 6) is 0.803. The molecule has 1 N–H and O–H groups in total. The molecule has 3 heterocycles. The van der Waals surface area contributed by atoms with Crippen LogP contribution in [-0.4, -0.2) is 80.9 Å². The van der Waals surface area contributed by atoms with Gasteiger partial charge in [-0.1, -0.05) is 6.92 Å². The average molecular weight is 276 g/mol. The molecule has 2 aromatic rings. The number of nitrogens with zero attached hydrogens (tertiary/aromatic N) is 7. The minimum absolute atomic E-state index is 0.659. The average Bonchev–Trinajstić information content (AvgIpc) is 2.95. The summed E-state index contributed by atoms with van der Waals surface area (Å²) in [5.41, 5.74) is 0.659. The fourth-order valence-electron chi connectivity index (χ4n) is 2.42. The predicted molar refractivity (Wildman–Crippen MR) is 75.6 cm³/mol. The SMILES string of the molecule is CCN1CCN(CCNc2ccc3nnnn3n2)CC1. The molecule has 1 aliphatic rings. The first-order chi connectivity index (χ1) is 9.85. The van der Waals surface area contributed by atoms with E-state index >= 15 is 0 Å². The summed E-state index contributed by atoms with van der Waals surface area (Å²) in [4.78, 5) is 4.96. The molecule has 0 saturated carbocycles. The quantitative estimate of drug-likeness (QED) is 0.794. The fourth-order valence-corrected chi connectivity index (χ4v) is 2.42. The Morgan fingerprint density at radius 3 is 2.75 bits per heavy atom. The van der Waals surface area contributed by atoms with Crippen molar-refractivity contribution in [1.29, 1.82) is 0 Å². The van der Waals surface area contributed by atoms with Gasteiger partial charge in [-0.25, -0.2) is 0 Å². The Balaban J connectivity index is 1.45. The third kappa shape index (κ3) is 3.02. The lowest BCUT2D eigenvalue weighted by Crippen LogP contribution is -2.47. The molecule has 2 aromatic heterocycles. The molecule has 0 unspecified atom stereocenters. The molecule has 0 radical (unpaired) electrons. The van der Waals surface area contributed by atoms with Gasteiger partial charge in [-0.15, -0.1) is 14.8 Å². The fraction of sp³-hybridized carbons (Fsp3) is 0.667. The summed E-state index contributed by atoms with van der Waals surface area (Å²) in [7, 11) is 0. The second-order valence-electron chi connectivity index (χ2n) is 4.95. The second kappa shape index (κ2) is 6.10. The van der Waals surface area contributed by atoms with Crippen molar-refractivity contribution in [3.8, 4) is 0 Å². The molecule has 0 bridgehead atoms. The van der Waals surface area contributed by atoms with E-state index in [9.17, 15) is 0 Å². The Morgan fingerprint density at radius 2 is 1.95 bits per heavy atom. The van der Waals surface area contributed by atoms with Gasteiger partial charge < -0.3 is 10.2 Å². The van der Waals surface area contributed by atoms with Gasteiger partial charge in [0, 0.05) is 39.3 Å². The Morgan fingerprint density at radius 1 is 1.15 bits per heavy atom. The molecule has 1 saturated heterocycles. The van der Waals surface area contributed by atoms with Crippen molar-refractivity contribution in [2.45, 2.75) is 6.92 Å². The number of fused-ring (bicyclic) bond motifs is 1. The molecule has 8 heteroatoms. The largest absolute Gasteiger partial charge is 0.367 e. The van der Waals surface area contributed by atoms with Crippen LogP contribution in [0.4, 0.5) is 5.82 Å². The van der Waals surface area contributed by atoms with Crippen LogP contribution in [-0.2, 0) is 0 Å². The topological polar surface area (TPSA) is 74.5 Å². The minimum Gasteiger partial charge on any atom is -0.367 e. The van der Waals surface area contributed by atoms with Gasteiger partial charge in [-0.2, -0.15) is 0 Å². The first kappa shape index (κ1) is 13.2. The minimum atomic E-state index is 0.659. The van der Waals surface area contributed by atoms with E-state index in [0.717, 1.165) is 38.5 Å². The van der Waals surface area contributed by atoms with Crippen LogP contribution in [0.1, 0.15) is 6.92 Å². The number of likely N-dealkylation sites (N-methyl/N-ethyl adjacent to an activating group) is 1. The molecular formula is C12H20N8. The van der Waals surface area contributed by atoms with E-state index in [1.54, 1.807) is 0 Å². The van der Waals surface area contributed by atoms with Crippen LogP contribution in [0, 0.1) is 0 Å². The van der Waals surface area contributed by atoms with E-state index in [1.807, 2.05) is 12.1 Å². The molecule has 1 fully saturated rings. The number of rotatable bonds is 5. The van der Waals surface area contributed by atoms with E-state index in [1.165, 1.54) is 17.7 Å². The molecule has 0 aromatic carbocycles. The zero-order valence-corrected chi connectivity index (χ0v) is 11.7. The third-order valence-electron chi connectivity index (χ3n) is 3.72. The highest BCUT2D eigenvalue weighted by Gasteiger charge is 2.14. The van der Waals surface area contributed by atoms with Crippen molar-refractivity contribution < 1.29 is 0 Å². The zero-order valence-electron chi connectivity index (χ0n) is 11.7. The number of hydrogen-bond donors (Lipinski definition) is 1. The third-order valence-corrected chi connectivity index (χ3v) is 3.72. The van der Waals surface area contributed by atoms with Crippen LogP contribution < -0.4 is 5.32 Å². The van der Waals surface area contributed by atoms with Gasteiger partial charge in [0.05, 0.1) is 0 Å². The van der Waals surface area contributed by atoms with Crippen molar-refractivity contribution in [2.75, 3.05) is 51.1 Å².